The van der Waals surface area contributed by atoms with E-state index in [9.17, 15) is 14.4 Å². The number of ether oxygens (including phenoxy) is 4. The lowest BCUT2D eigenvalue weighted by Gasteiger charge is -2.14. The number of nitrogens with one attached hydrogen (secondary N) is 2. The van der Waals surface area contributed by atoms with Crippen LogP contribution in [0.5, 0.6) is 0 Å². The predicted octanol–water partition coefficient (Wildman–Crippen LogP) is 4.24. The van der Waals surface area contributed by atoms with Crippen LogP contribution in [0.4, 0.5) is 21.1 Å². The molecule has 0 bridgehead atoms. The van der Waals surface area contributed by atoms with Gasteiger partial charge < -0.3 is 18.9 Å². The highest BCUT2D eigenvalue weighted by Crippen LogP contribution is 2.21. The molecule has 0 aliphatic carbocycles. The Kier molecular flexibility index (Phi) is 8.49. The van der Waals surface area contributed by atoms with Crippen molar-refractivity contribution in [3.05, 3.63) is 88.5 Å². The van der Waals surface area contributed by atoms with Gasteiger partial charge in [-0.25, -0.2) is 14.4 Å². The van der Waals surface area contributed by atoms with E-state index in [1.807, 2.05) is 42.5 Å². The summed E-state index contributed by atoms with van der Waals surface area (Å²) in [5, 5.41) is 5.06. The van der Waals surface area contributed by atoms with E-state index in [0.717, 1.165) is 11.1 Å². The van der Waals surface area contributed by atoms with Crippen LogP contribution in [0.15, 0.2) is 71.7 Å². The lowest BCUT2D eigenvalue weighted by molar-refractivity contribution is -0.0998. The van der Waals surface area contributed by atoms with Gasteiger partial charge in [0, 0.05) is 11.9 Å². The molecule has 1 aliphatic heterocycles. The van der Waals surface area contributed by atoms with E-state index in [1.54, 1.807) is 12.1 Å². The average Bonchev–Trinajstić information content (AvgIpc) is 3.36. The molecule has 2 heterocycles. The number of carbonyl (C=O) groups is 2. The molecule has 1 fully saturated rings. The van der Waals surface area contributed by atoms with E-state index in [1.165, 1.54) is 16.8 Å². The van der Waals surface area contributed by atoms with E-state index in [4.69, 9.17) is 18.9 Å². The van der Waals surface area contributed by atoms with Crippen LogP contribution in [0.2, 0.25) is 0 Å². The number of benzene rings is 2. The molecule has 0 radical (unpaired) electrons. The predicted molar refractivity (Wildman–Crippen MR) is 134 cm³/mol. The maximum atomic E-state index is 12.5. The molecule has 194 valence electrons. The van der Waals surface area contributed by atoms with Gasteiger partial charge in [0.2, 0.25) is 0 Å². The van der Waals surface area contributed by atoms with E-state index < -0.39 is 30.4 Å². The minimum atomic E-state index is -0.850. The fourth-order valence-corrected chi connectivity index (χ4v) is 3.49. The Morgan fingerprint density at radius 3 is 2.46 bits per heavy atom. The molecule has 2 aromatic carbocycles. The third-order valence-electron chi connectivity index (χ3n) is 5.49. The summed E-state index contributed by atoms with van der Waals surface area (Å²) < 4.78 is 22.7. The second-order valence-electron chi connectivity index (χ2n) is 8.54. The summed E-state index contributed by atoms with van der Waals surface area (Å²) >= 11 is 0. The zero-order chi connectivity index (χ0) is 26.2. The number of hydrogen-bond donors (Lipinski definition) is 2. The van der Waals surface area contributed by atoms with Gasteiger partial charge >= 0.3 is 17.9 Å². The van der Waals surface area contributed by atoms with E-state index >= 15 is 0 Å². The number of nitrogens with zero attached hydrogens (tertiary/aromatic N) is 2. The molecule has 0 spiro atoms. The smallest absolute Gasteiger partial charge is 0.413 e. The molecular weight excluding hydrogens is 480 g/mol. The van der Waals surface area contributed by atoms with Gasteiger partial charge in [0.05, 0.1) is 6.61 Å². The van der Waals surface area contributed by atoms with Crippen molar-refractivity contribution in [3.8, 4) is 0 Å². The maximum absolute atomic E-state index is 12.5. The molecule has 2 N–H and O–H groups in total. The van der Waals surface area contributed by atoms with Crippen molar-refractivity contribution < 1.29 is 28.5 Å². The molecule has 0 saturated carbocycles. The van der Waals surface area contributed by atoms with Gasteiger partial charge in [-0.3, -0.25) is 15.2 Å². The van der Waals surface area contributed by atoms with Crippen LogP contribution in [-0.2, 0) is 25.6 Å². The Hall–Kier alpha value is -4.22. The summed E-state index contributed by atoms with van der Waals surface area (Å²) in [7, 11) is 0. The summed E-state index contributed by atoms with van der Waals surface area (Å²) in [6.07, 6.45) is -1.58. The summed E-state index contributed by atoms with van der Waals surface area (Å²) in [6.45, 7) is 4.15. The lowest BCUT2D eigenvalue weighted by atomic mass is 10.0. The van der Waals surface area contributed by atoms with Crippen LogP contribution in [0.3, 0.4) is 0 Å². The van der Waals surface area contributed by atoms with Gasteiger partial charge in [-0.1, -0.05) is 56.3 Å². The van der Waals surface area contributed by atoms with Gasteiger partial charge in [-0.05, 0) is 35.2 Å². The van der Waals surface area contributed by atoms with Crippen molar-refractivity contribution in [1.82, 2.24) is 9.55 Å². The summed E-state index contributed by atoms with van der Waals surface area (Å²) in [4.78, 5) is 40.4. The SMILES string of the molecule is CC(C)c1ccc(NC(=O)OCC2OCC(n3ccc(NC(=O)OCc4ccccc4)nc3=O)O2)cc1. The zero-order valence-electron chi connectivity index (χ0n) is 20.5. The number of anilines is 2. The molecule has 4 rings (SSSR count). The van der Waals surface area contributed by atoms with Crippen molar-refractivity contribution in [2.45, 2.75) is 38.9 Å². The van der Waals surface area contributed by atoms with Crippen LogP contribution >= 0.6 is 0 Å². The van der Waals surface area contributed by atoms with Gasteiger partial charge in [0.25, 0.3) is 0 Å². The van der Waals surface area contributed by atoms with Crippen LogP contribution in [0.25, 0.3) is 0 Å². The van der Waals surface area contributed by atoms with Crippen LogP contribution in [0, 0.1) is 0 Å². The fraction of sp³-hybridized carbons (Fsp3) is 0.308. The molecule has 1 aromatic heterocycles. The minimum absolute atomic E-state index is 0.0382. The van der Waals surface area contributed by atoms with Gasteiger partial charge in [0.15, 0.2) is 12.5 Å². The second-order valence-corrected chi connectivity index (χ2v) is 8.54. The number of aromatic nitrogens is 2. The van der Waals surface area contributed by atoms with E-state index in [0.29, 0.717) is 11.6 Å². The Labute approximate surface area is 213 Å². The van der Waals surface area contributed by atoms with Gasteiger partial charge in [-0.15, -0.1) is 0 Å². The largest absolute Gasteiger partial charge is 0.444 e. The summed E-state index contributed by atoms with van der Waals surface area (Å²) in [5.41, 5.74) is 1.94. The monoisotopic (exact) mass is 508 g/mol. The number of rotatable bonds is 8. The lowest BCUT2D eigenvalue weighted by Crippen LogP contribution is -2.30. The first-order chi connectivity index (χ1) is 17.9. The van der Waals surface area contributed by atoms with Crippen LogP contribution in [-0.4, -0.2) is 41.2 Å². The van der Waals surface area contributed by atoms with Gasteiger partial charge in [0.1, 0.15) is 19.0 Å². The zero-order valence-corrected chi connectivity index (χ0v) is 20.5. The van der Waals surface area contributed by atoms with Crippen molar-refractivity contribution >= 4 is 23.7 Å². The Morgan fingerprint density at radius 2 is 1.76 bits per heavy atom. The first-order valence-corrected chi connectivity index (χ1v) is 11.7. The normalized spacial score (nSPS) is 16.8. The molecular formula is C26H28N4O7. The third kappa shape index (κ3) is 7.38. The van der Waals surface area contributed by atoms with Gasteiger partial charge in [-0.2, -0.15) is 4.98 Å². The first-order valence-electron chi connectivity index (χ1n) is 11.7. The third-order valence-corrected chi connectivity index (χ3v) is 5.49. The molecule has 2 amide bonds. The first kappa shape index (κ1) is 25.9. The minimum Gasteiger partial charge on any atom is -0.444 e. The quantitative estimate of drug-likeness (QED) is 0.462. The average molecular weight is 509 g/mol. The second kappa shape index (κ2) is 12.2. The number of amides is 2. The molecule has 3 aromatic rings. The fourth-order valence-electron chi connectivity index (χ4n) is 3.49. The van der Waals surface area contributed by atoms with Crippen molar-refractivity contribution in [3.63, 3.8) is 0 Å². The summed E-state index contributed by atoms with van der Waals surface area (Å²) in [6, 6.07) is 18.1. The molecule has 1 aliphatic rings. The molecule has 11 heteroatoms. The van der Waals surface area contributed by atoms with Crippen LogP contribution in [0.1, 0.15) is 37.1 Å². The molecule has 37 heavy (non-hydrogen) atoms. The highest BCUT2D eigenvalue weighted by molar-refractivity contribution is 5.84. The standard InChI is InChI=1S/C26H28N4O7/c1-17(2)19-8-10-20(11-9-19)27-25(32)36-16-23-34-15-22(37-23)30-13-12-21(28-24(30)31)29-26(33)35-14-18-6-4-3-5-7-18/h3-13,17,22-23H,14-16H2,1-2H3,(H,27,32)(H,28,29,31,33). The molecule has 1 saturated heterocycles. The molecule has 2 atom stereocenters. The van der Waals surface area contributed by atoms with Crippen molar-refractivity contribution in [2.24, 2.45) is 0 Å². The number of carbonyl (C=O) groups excluding carboxylic acids is 2. The van der Waals surface area contributed by atoms with Crippen LogP contribution < -0.4 is 16.3 Å². The number of hydrogen-bond acceptors (Lipinski definition) is 8. The maximum Gasteiger partial charge on any atom is 0.413 e. The van der Waals surface area contributed by atoms with E-state index in [2.05, 4.69) is 29.5 Å². The highest BCUT2D eigenvalue weighted by atomic mass is 16.7. The molecule has 11 nitrogen and oxygen atoms in total. The van der Waals surface area contributed by atoms with Crippen molar-refractivity contribution in [1.29, 1.82) is 0 Å². The van der Waals surface area contributed by atoms with E-state index in [-0.39, 0.29) is 25.6 Å². The Morgan fingerprint density at radius 1 is 1.03 bits per heavy atom. The summed E-state index contributed by atoms with van der Waals surface area (Å²) in [5.74, 6) is 0.429. The Bertz CT molecular complexity index is 1260. The van der Waals surface area contributed by atoms with Crippen molar-refractivity contribution in [2.75, 3.05) is 23.8 Å². The molecule has 2 unspecified atom stereocenters. The Balaban J connectivity index is 1.22. The topological polar surface area (TPSA) is 130 Å². The highest BCUT2D eigenvalue weighted by Gasteiger charge is 2.29.